The van der Waals surface area contributed by atoms with Crippen LogP contribution >= 0.6 is 7.37 Å². The Labute approximate surface area is 165 Å². The molecule has 0 heterocycles. The zero-order chi connectivity index (χ0) is 20.5. The van der Waals surface area contributed by atoms with Gasteiger partial charge in [0.25, 0.3) is 7.37 Å². The first-order valence-electron chi connectivity index (χ1n) is 8.76. The molecule has 0 aromatic heterocycles. The van der Waals surface area contributed by atoms with E-state index in [1.165, 1.54) is 0 Å². The molecule has 0 aliphatic heterocycles. The molecular weight excluding hydrogens is 351 g/mol. The van der Waals surface area contributed by atoms with Crippen LogP contribution in [0.15, 0.2) is 122 Å². The number of rotatable bonds is 13. The summed E-state index contributed by atoms with van der Waals surface area (Å²) in [6.07, 6.45) is 23.7. The van der Waals surface area contributed by atoms with E-state index in [0.29, 0.717) is 18.1 Å². The predicted molar refractivity (Wildman–Crippen MR) is 122 cm³/mol. The second-order valence-electron chi connectivity index (χ2n) is 5.56. The van der Waals surface area contributed by atoms with E-state index in [1.807, 2.05) is 50.3 Å². The van der Waals surface area contributed by atoms with Crippen molar-refractivity contribution in [3.63, 3.8) is 0 Å². The van der Waals surface area contributed by atoms with Gasteiger partial charge in [-0.3, -0.25) is 4.57 Å². The quantitative estimate of drug-likeness (QED) is 0.188. The number of allylic oxidation sites excluding steroid dienone is 15. The van der Waals surface area contributed by atoms with Gasteiger partial charge in [0.1, 0.15) is 5.76 Å². The largest absolute Gasteiger partial charge is 0.442 e. The molecule has 0 saturated carbocycles. The first-order chi connectivity index (χ1) is 13.0. The van der Waals surface area contributed by atoms with Gasteiger partial charge in [0.2, 0.25) is 0 Å². The molecule has 0 bridgehead atoms. The summed E-state index contributed by atoms with van der Waals surface area (Å²) in [5.41, 5.74) is 1.81. The third-order valence-corrected chi connectivity index (χ3v) is 5.56. The average Bonchev–Trinajstić information content (AvgIpc) is 2.63. The zero-order valence-corrected chi connectivity index (χ0v) is 17.4. The summed E-state index contributed by atoms with van der Waals surface area (Å²) in [5.74, 6) is 0.481. The molecule has 0 aliphatic rings. The van der Waals surface area contributed by atoms with Gasteiger partial charge in [0.15, 0.2) is 0 Å². The molecule has 1 unspecified atom stereocenters. The van der Waals surface area contributed by atoms with Crippen LogP contribution in [0.5, 0.6) is 0 Å². The first kappa shape index (κ1) is 24.4. The second kappa shape index (κ2) is 14.6. The minimum Gasteiger partial charge on any atom is -0.442 e. The molecule has 0 radical (unpaired) electrons. The molecule has 0 amide bonds. The van der Waals surface area contributed by atoms with Crippen molar-refractivity contribution in [3.05, 3.63) is 122 Å². The van der Waals surface area contributed by atoms with Crippen LogP contribution in [0.4, 0.5) is 0 Å². The standard InChI is InChI=1S/C24H31O2P/c1-7-13-18-22(12-6)20-27(25,21-23(15-9-3)16-10-4)26-24(17-11-5)19-14-8-2/h7-19H,1-3,5,20-21H2,4,6H3/b16-10-,18-13-,19-14-,22-12+,23-15+,24-17+. The fraction of sp³-hybridized carbons (Fsp3) is 0.167. The van der Waals surface area contributed by atoms with E-state index in [9.17, 15) is 4.57 Å². The SMILES string of the molecule is C=C/C=C\C(=C/C)CP(=O)(CC(/C=C\C)=C/C=C)OC(/C=C\C=C)=C/C=C. The molecule has 0 rings (SSSR count). The van der Waals surface area contributed by atoms with Crippen LogP contribution in [0.25, 0.3) is 0 Å². The summed E-state index contributed by atoms with van der Waals surface area (Å²) in [7, 11) is -3.10. The molecule has 0 saturated heterocycles. The lowest BCUT2D eigenvalue weighted by molar-refractivity contribution is 0.420. The van der Waals surface area contributed by atoms with E-state index in [2.05, 4.69) is 26.3 Å². The van der Waals surface area contributed by atoms with Crippen molar-refractivity contribution >= 4 is 7.37 Å². The van der Waals surface area contributed by atoms with Crippen LogP contribution in [0.3, 0.4) is 0 Å². The van der Waals surface area contributed by atoms with Crippen molar-refractivity contribution in [3.8, 4) is 0 Å². The highest BCUT2D eigenvalue weighted by Crippen LogP contribution is 2.52. The smallest absolute Gasteiger partial charge is 0.256 e. The van der Waals surface area contributed by atoms with Gasteiger partial charge in [-0.15, -0.1) is 0 Å². The van der Waals surface area contributed by atoms with Crippen molar-refractivity contribution in [2.75, 3.05) is 12.3 Å². The summed E-state index contributed by atoms with van der Waals surface area (Å²) in [6.45, 7) is 18.6. The molecule has 0 aliphatic carbocycles. The normalized spacial score (nSPS) is 15.9. The summed E-state index contributed by atoms with van der Waals surface area (Å²) >= 11 is 0. The van der Waals surface area contributed by atoms with E-state index in [-0.39, 0.29) is 0 Å². The van der Waals surface area contributed by atoms with Crippen molar-refractivity contribution in [2.45, 2.75) is 13.8 Å². The van der Waals surface area contributed by atoms with Gasteiger partial charge in [-0.2, -0.15) is 0 Å². The van der Waals surface area contributed by atoms with E-state index in [0.717, 1.165) is 11.1 Å². The third kappa shape index (κ3) is 10.9. The van der Waals surface area contributed by atoms with Gasteiger partial charge in [0, 0.05) is 0 Å². The molecule has 0 fully saturated rings. The Morgan fingerprint density at radius 2 is 1.41 bits per heavy atom. The molecule has 0 N–H and O–H groups in total. The van der Waals surface area contributed by atoms with E-state index in [1.54, 1.807) is 42.5 Å². The van der Waals surface area contributed by atoms with Gasteiger partial charge in [-0.25, -0.2) is 0 Å². The molecule has 2 nitrogen and oxygen atoms in total. The maximum absolute atomic E-state index is 13.8. The molecule has 27 heavy (non-hydrogen) atoms. The minimum absolute atomic E-state index is 0.291. The van der Waals surface area contributed by atoms with E-state index in [4.69, 9.17) is 4.52 Å². The maximum Gasteiger partial charge on any atom is 0.256 e. The summed E-state index contributed by atoms with van der Waals surface area (Å²) in [4.78, 5) is 0. The highest BCUT2D eigenvalue weighted by molar-refractivity contribution is 7.59. The predicted octanol–water partition coefficient (Wildman–Crippen LogP) is 7.47. The Hall–Kier alpha value is -2.57. The van der Waals surface area contributed by atoms with Gasteiger partial charge >= 0.3 is 0 Å². The molecular formula is C24H31O2P. The van der Waals surface area contributed by atoms with Gasteiger partial charge in [-0.05, 0) is 37.1 Å². The number of hydrogen-bond donors (Lipinski definition) is 0. The van der Waals surface area contributed by atoms with Crippen LogP contribution in [0.2, 0.25) is 0 Å². The summed E-state index contributed by atoms with van der Waals surface area (Å²) in [6, 6.07) is 0. The Morgan fingerprint density at radius 1 is 0.815 bits per heavy atom. The Bertz CT molecular complexity index is 740. The Morgan fingerprint density at radius 3 is 1.93 bits per heavy atom. The summed E-state index contributed by atoms with van der Waals surface area (Å²) < 4.78 is 19.8. The fourth-order valence-electron chi connectivity index (χ4n) is 2.22. The molecule has 0 spiro atoms. The molecule has 0 aromatic carbocycles. The average molecular weight is 382 g/mol. The topological polar surface area (TPSA) is 26.3 Å². The van der Waals surface area contributed by atoms with E-state index < -0.39 is 7.37 Å². The van der Waals surface area contributed by atoms with Crippen LogP contribution < -0.4 is 0 Å². The van der Waals surface area contributed by atoms with Gasteiger partial charge < -0.3 is 4.52 Å². The highest BCUT2D eigenvalue weighted by atomic mass is 31.2. The highest BCUT2D eigenvalue weighted by Gasteiger charge is 2.27. The fourth-order valence-corrected chi connectivity index (χ4v) is 4.58. The van der Waals surface area contributed by atoms with Crippen molar-refractivity contribution in [2.24, 2.45) is 0 Å². The second-order valence-corrected chi connectivity index (χ2v) is 8.00. The van der Waals surface area contributed by atoms with E-state index >= 15 is 0 Å². The minimum atomic E-state index is -3.10. The maximum atomic E-state index is 13.8. The summed E-state index contributed by atoms with van der Waals surface area (Å²) in [5, 5.41) is 0. The lowest BCUT2D eigenvalue weighted by atomic mass is 10.2. The lowest BCUT2D eigenvalue weighted by Gasteiger charge is -2.21. The van der Waals surface area contributed by atoms with Crippen molar-refractivity contribution < 1.29 is 9.09 Å². The van der Waals surface area contributed by atoms with Crippen LogP contribution in [0.1, 0.15) is 13.8 Å². The number of hydrogen-bond acceptors (Lipinski definition) is 2. The zero-order valence-electron chi connectivity index (χ0n) is 16.5. The Kier molecular flexibility index (Phi) is 13.2. The lowest BCUT2D eigenvalue weighted by Crippen LogP contribution is -2.03. The third-order valence-electron chi connectivity index (χ3n) is 3.33. The Balaban J connectivity index is 6.00. The molecule has 144 valence electrons. The molecule has 1 atom stereocenters. The van der Waals surface area contributed by atoms with Crippen molar-refractivity contribution in [1.29, 1.82) is 0 Å². The molecule has 3 heteroatoms. The van der Waals surface area contributed by atoms with Gasteiger partial charge in [-0.1, -0.05) is 93.2 Å². The monoisotopic (exact) mass is 382 g/mol. The molecule has 0 aromatic rings. The van der Waals surface area contributed by atoms with Crippen LogP contribution in [0, 0.1) is 0 Å². The first-order valence-corrected chi connectivity index (χ1v) is 10.8. The van der Waals surface area contributed by atoms with Gasteiger partial charge in [0.05, 0.1) is 12.3 Å². The van der Waals surface area contributed by atoms with Crippen LogP contribution in [-0.4, -0.2) is 12.3 Å². The van der Waals surface area contributed by atoms with Crippen LogP contribution in [-0.2, 0) is 9.09 Å². The van der Waals surface area contributed by atoms with Crippen molar-refractivity contribution in [1.82, 2.24) is 0 Å².